The van der Waals surface area contributed by atoms with Crippen LogP contribution in [0, 0.1) is 11.3 Å². The molecule has 30 heavy (non-hydrogen) atoms. The minimum Gasteiger partial charge on any atom is -0.480 e. The van der Waals surface area contributed by atoms with Gasteiger partial charge in [-0.15, -0.1) is 10.2 Å². The van der Waals surface area contributed by atoms with E-state index in [9.17, 15) is 13.6 Å². The molecule has 154 valence electrons. The number of methoxy groups -OCH3 is 1. The summed E-state index contributed by atoms with van der Waals surface area (Å²) in [5.74, 6) is -0.537. The minimum absolute atomic E-state index is 0.0191. The third kappa shape index (κ3) is 4.72. The smallest absolute Gasteiger partial charge is 0.297 e. The fourth-order valence-corrected chi connectivity index (χ4v) is 3.15. The Morgan fingerprint density at radius 2 is 2.07 bits per heavy atom. The van der Waals surface area contributed by atoms with Crippen molar-refractivity contribution in [2.75, 3.05) is 7.11 Å². The van der Waals surface area contributed by atoms with Gasteiger partial charge in [0.25, 0.3) is 12.0 Å². The summed E-state index contributed by atoms with van der Waals surface area (Å²) >= 11 is 9.04. The number of rotatable bonds is 6. The molecule has 0 N–H and O–H groups in total. The number of halogens is 4. The summed E-state index contributed by atoms with van der Waals surface area (Å²) in [4.78, 5) is 16.6. The molecular weight excluding hydrogens is 488 g/mol. The second kappa shape index (κ2) is 9.15. The first kappa shape index (κ1) is 21.6. The van der Waals surface area contributed by atoms with Crippen LogP contribution < -0.4 is 15.0 Å². The summed E-state index contributed by atoms with van der Waals surface area (Å²) in [5.41, 5.74) is -1.10. The molecule has 2 aromatic heterocycles. The van der Waals surface area contributed by atoms with E-state index in [0.717, 1.165) is 10.9 Å². The number of ether oxygens (including phenoxy) is 2. The molecule has 0 bridgehead atoms. The summed E-state index contributed by atoms with van der Waals surface area (Å²) in [6, 6.07) is 7.59. The zero-order valence-corrected chi connectivity index (χ0v) is 17.5. The number of hydrogen-bond donors (Lipinski definition) is 0. The average Bonchev–Trinajstić information content (AvgIpc) is 2.70. The summed E-state index contributed by atoms with van der Waals surface area (Å²) < 4.78 is 39.0. The van der Waals surface area contributed by atoms with E-state index in [0.29, 0.717) is 10.0 Å². The van der Waals surface area contributed by atoms with Gasteiger partial charge in [-0.1, -0.05) is 27.5 Å². The van der Waals surface area contributed by atoms with Crippen LogP contribution in [0.25, 0.3) is 0 Å². The van der Waals surface area contributed by atoms with E-state index < -0.39 is 23.4 Å². The third-order valence-electron chi connectivity index (χ3n) is 3.79. The Balaban J connectivity index is 2.07. The van der Waals surface area contributed by atoms with E-state index in [4.69, 9.17) is 26.3 Å². The van der Waals surface area contributed by atoms with Crippen LogP contribution in [0.3, 0.4) is 0 Å². The van der Waals surface area contributed by atoms with E-state index in [1.54, 1.807) is 0 Å². The topological polar surface area (TPSA) is 103 Å². The van der Waals surface area contributed by atoms with E-state index in [1.807, 2.05) is 6.07 Å². The predicted molar refractivity (Wildman–Crippen MR) is 105 cm³/mol. The van der Waals surface area contributed by atoms with Gasteiger partial charge in [0.1, 0.15) is 5.75 Å². The molecule has 0 spiro atoms. The molecule has 0 fully saturated rings. The van der Waals surface area contributed by atoms with Crippen molar-refractivity contribution >= 4 is 27.5 Å². The first-order valence-electron chi connectivity index (χ1n) is 8.14. The van der Waals surface area contributed by atoms with Gasteiger partial charge in [-0.05, 0) is 24.3 Å². The monoisotopic (exact) mass is 497 g/mol. The number of nitrogens with zero attached hydrogens (tertiary/aromatic N) is 5. The van der Waals surface area contributed by atoms with Crippen LogP contribution in [0.15, 0.2) is 39.9 Å². The maximum absolute atomic E-state index is 13.5. The second-order valence-corrected chi connectivity index (χ2v) is 7.09. The molecule has 0 unspecified atom stereocenters. The van der Waals surface area contributed by atoms with E-state index >= 15 is 0 Å². The predicted octanol–water partition coefficient (Wildman–Crippen LogP) is 4.11. The van der Waals surface area contributed by atoms with Crippen molar-refractivity contribution in [3.63, 3.8) is 0 Å². The Bertz CT molecular complexity index is 1200. The highest BCUT2D eigenvalue weighted by Crippen LogP contribution is 2.30. The number of hydrogen-bond acceptors (Lipinski definition) is 7. The van der Waals surface area contributed by atoms with E-state index in [1.165, 1.54) is 31.4 Å². The molecule has 0 aliphatic rings. The summed E-state index contributed by atoms with van der Waals surface area (Å²) in [6.45, 7) is -0.133. The van der Waals surface area contributed by atoms with E-state index in [-0.39, 0.29) is 28.9 Å². The number of nitriles is 1. The zero-order valence-electron chi connectivity index (χ0n) is 15.1. The molecule has 0 atom stereocenters. The zero-order chi connectivity index (χ0) is 21.8. The van der Waals surface area contributed by atoms with Gasteiger partial charge >= 0.3 is 0 Å². The van der Waals surface area contributed by atoms with Crippen molar-refractivity contribution in [3.05, 3.63) is 67.4 Å². The first-order chi connectivity index (χ1) is 14.3. The van der Waals surface area contributed by atoms with Gasteiger partial charge in [0.05, 0.1) is 31.6 Å². The van der Waals surface area contributed by atoms with Crippen LogP contribution in [-0.2, 0) is 6.54 Å². The van der Waals surface area contributed by atoms with Gasteiger partial charge in [-0.2, -0.15) is 5.26 Å². The Morgan fingerprint density at radius 3 is 2.73 bits per heavy atom. The van der Waals surface area contributed by atoms with Gasteiger partial charge in [-0.25, -0.2) is 13.8 Å². The lowest BCUT2D eigenvalue weighted by Gasteiger charge is -2.14. The Labute approximate surface area is 181 Å². The maximum Gasteiger partial charge on any atom is 0.297 e. The van der Waals surface area contributed by atoms with Crippen LogP contribution in [0.4, 0.5) is 8.78 Å². The summed E-state index contributed by atoms with van der Waals surface area (Å²) in [7, 11) is 1.36. The highest BCUT2D eigenvalue weighted by Gasteiger charge is 2.23. The summed E-state index contributed by atoms with van der Waals surface area (Å²) in [5, 5.41) is 16.5. The Morgan fingerprint density at radius 1 is 1.30 bits per heavy atom. The van der Waals surface area contributed by atoms with Crippen molar-refractivity contribution in [3.8, 4) is 23.4 Å². The Hall–Kier alpha value is -3.10. The molecule has 0 amide bonds. The van der Waals surface area contributed by atoms with Gasteiger partial charge < -0.3 is 9.47 Å². The SMILES string of the molecule is COc1nnc(Cl)cc1Cn1cnc(C(F)F)c(Oc2cc(Br)cc(C#N)c2)c1=O. The molecule has 3 rings (SSSR count). The summed E-state index contributed by atoms with van der Waals surface area (Å²) in [6.07, 6.45) is -2.09. The average molecular weight is 499 g/mol. The minimum atomic E-state index is -3.06. The molecule has 0 saturated carbocycles. The molecule has 0 aliphatic heterocycles. The molecule has 8 nitrogen and oxygen atoms in total. The van der Waals surface area contributed by atoms with Crippen molar-refractivity contribution in [2.24, 2.45) is 0 Å². The lowest BCUT2D eigenvalue weighted by Crippen LogP contribution is -2.24. The number of benzene rings is 1. The van der Waals surface area contributed by atoms with Crippen LogP contribution in [-0.4, -0.2) is 26.9 Å². The van der Waals surface area contributed by atoms with Gasteiger partial charge in [-0.3, -0.25) is 9.36 Å². The molecule has 12 heteroatoms. The Kier molecular flexibility index (Phi) is 6.59. The fraction of sp³-hybridized carbons (Fsp3) is 0.167. The molecule has 0 radical (unpaired) electrons. The largest absolute Gasteiger partial charge is 0.480 e. The van der Waals surface area contributed by atoms with Gasteiger partial charge in [0, 0.05) is 10.0 Å². The van der Waals surface area contributed by atoms with Crippen molar-refractivity contribution < 1.29 is 18.3 Å². The fourth-order valence-electron chi connectivity index (χ4n) is 2.51. The highest BCUT2D eigenvalue weighted by molar-refractivity contribution is 9.10. The lowest BCUT2D eigenvalue weighted by molar-refractivity contribution is 0.141. The third-order valence-corrected chi connectivity index (χ3v) is 4.43. The van der Waals surface area contributed by atoms with Crippen LogP contribution >= 0.6 is 27.5 Å². The maximum atomic E-state index is 13.5. The second-order valence-electron chi connectivity index (χ2n) is 5.78. The number of alkyl halides is 2. The van der Waals surface area contributed by atoms with Crippen LogP contribution in [0.5, 0.6) is 17.4 Å². The van der Waals surface area contributed by atoms with Crippen LogP contribution in [0.1, 0.15) is 23.2 Å². The van der Waals surface area contributed by atoms with Gasteiger partial charge in [0.2, 0.25) is 11.6 Å². The number of aromatic nitrogens is 4. The van der Waals surface area contributed by atoms with Crippen molar-refractivity contribution in [2.45, 2.75) is 13.0 Å². The van der Waals surface area contributed by atoms with Crippen molar-refractivity contribution in [1.82, 2.24) is 19.7 Å². The molecule has 0 saturated heterocycles. The quantitative estimate of drug-likeness (QED) is 0.504. The molecule has 3 aromatic rings. The van der Waals surface area contributed by atoms with Crippen LogP contribution in [0.2, 0.25) is 5.15 Å². The lowest BCUT2D eigenvalue weighted by atomic mass is 10.2. The van der Waals surface area contributed by atoms with Gasteiger partial charge in [0.15, 0.2) is 10.8 Å². The molecule has 1 aromatic carbocycles. The molecule has 0 aliphatic carbocycles. The van der Waals surface area contributed by atoms with E-state index in [2.05, 4.69) is 31.1 Å². The normalized spacial score (nSPS) is 10.7. The molecule has 2 heterocycles. The van der Waals surface area contributed by atoms with Crippen molar-refractivity contribution in [1.29, 1.82) is 5.26 Å². The highest BCUT2D eigenvalue weighted by atomic mass is 79.9. The first-order valence-corrected chi connectivity index (χ1v) is 9.31. The molecular formula is C18H11BrClF2N5O3. The standard InChI is InChI=1S/C18H11BrClF2N5O3/c1-29-17-10(4-13(20)25-26-17)7-27-8-24-14(16(21)22)15(18(27)28)30-12-3-9(6-23)2-11(19)5-12/h2-5,8,16H,7H2,1H3.